The van der Waals surface area contributed by atoms with Crippen LogP contribution in [0.5, 0.6) is 0 Å². The molecule has 1 aliphatic rings. The summed E-state index contributed by atoms with van der Waals surface area (Å²) in [5.41, 5.74) is 5.66. The molecule has 5 rings (SSSR count). The van der Waals surface area contributed by atoms with Gasteiger partial charge in [0.15, 0.2) is 0 Å². The maximum Gasteiger partial charge on any atom is 0.409 e. The number of ether oxygens (including phenoxy) is 1. The number of aryl methyl sites for hydroxylation is 3. The Morgan fingerprint density at radius 3 is 2.36 bits per heavy atom. The van der Waals surface area contributed by atoms with E-state index in [1.54, 1.807) is 47.5 Å². The molecule has 1 unspecified atom stereocenters. The minimum Gasteiger partial charge on any atom is -0.450 e. The van der Waals surface area contributed by atoms with Crippen LogP contribution in [0.1, 0.15) is 47.3 Å². The summed E-state index contributed by atoms with van der Waals surface area (Å²) in [6.07, 6.45) is 1.32. The number of benzene rings is 1. The summed E-state index contributed by atoms with van der Waals surface area (Å²) in [6, 6.07) is 8.75. The number of fused-ring (bicyclic) bond motifs is 1. The number of carbonyl (C=O) groups is 3. The van der Waals surface area contributed by atoms with E-state index in [9.17, 15) is 14.4 Å². The highest BCUT2D eigenvalue weighted by molar-refractivity contribution is 6.13. The van der Waals surface area contributed by atoms with Crippen LogP contribution in [0.4, 0.5) is 10.5 Å². The molecule has 0 bridgehead atoms. The quantitative estimate of drug-likeness (QED) is 0.372. The zero-order valence-corrected chi connectivity index (χ0v) is 24.8. The molecular formula is C30H36N8O4. The third-order valence-electron chi connectivity index (χ3n) is 7.76. The zero-order chi connectivity index (χ0) is 30.1. The fourth-order valence-corrected chi connectivity index (χ4v) is 5.33. The second-order valence-electron chi connectivity index (χ2n) is 10.5. The SMILES string of the molecule is CCOC(=O)N1CCN(C(=O)C(C)n2cc(NC(=O)c3cc(-c4c(C)nn(C)c4C)nc4ccccc34)c(C)n2)CC1. The van der Waals surface area contributed by atoms with Crippen molar-refractivity contribution in [3.63, 3.8) is 0 Å². The Hall–Kier alpha value is -4.74. The van der Waals surface area contributed by atoms with E-state index in [0.717, 1.165) is 22.3 Å². The fourth-order valence-electron chi connectivity index (χ4n) is 5.33. The Kier molecular flexibility index (Phi) is 7.97. The standard InChI is InChI=1S/C30H36N8O4/c1-7-42-30(41)37-14-12-36(13-15-37)29(40)21(5)38-17-26(18(2)34-38)32-28(39)23-16-25(27-19(3)33-35(6)20(27)4)31-24-11-9-8-10-22(23)24/h8-11,16-17,21H,7,12-15H2,1-6H3,(H,32,39). The average molecular weight is 573 g/mol. The molecule has 0 radical (unpaired) electrons. The molecule has 3 aromatic heterocycles. The average Bonchev–Trinajstić information content (AvgIpc) is 3.47. The summed E-state index contributed by atoms with van der Waals surface area (Å²) in [7, 11) is 1.89. The zero-order valence-electron chi connectivity index (χ0n) is 24.8. The Balaban J connectivity index is 1.35. The van der Waals surface area contributed by atoms with Gasteiger partial charge in [-0.05, 0) is 46.8 Å². The van der Waals surface area contributed by atoms with Crippen LogP contribution in [0.3, 0.4) is 0 Å². The lowest BCUT2D eigenvalue weighted by Crippen LogP contribution is -2.52. The van der Waals surface area contributed by atoms with E-state index in [-0.39, 0.29) is 17.9 Å². The monoisotopic (exact) mass is 572 g/mol. The maximum absolute atomic E-state index is 13.7. The number of para-hydroxylation sites is 1. The van der Waals surface area contributed by atoms with Gasteiger partial charge in [0.25, 0.3) is 5.91 Å². The second-order valence-corrected chi connectivity index (χ2v) is 10.5. The van der Waals surface area contributed by atoms with Crippen molar-refractivity contribution in [2.75, 3.05) is 38.1 Å². The molecule has 42 heavy (non-hydrogen) atoms. The highest BCUT2D eigenvalue weighted by Crippen LogP contribution is 2.30. The number of nitrogens with zero attached hydrogens (tertiary/aromatic N) is 7. The summed E-state index contributed by atoms with van der Waals surface area (Å²) >= 11 is 0. The predicted molar refractivity (Wildman–Crippen MR) is 158 cm³/mol. The third kappa shape index (κ3) is 5.44. The van der Waals surface area contributed by atoms with Gasteiger partial charge in [0.2, 0.25) is 5.91 Å². The third-order valence-corrected chi connectivity index (χ3v) is 7.76. The van der Waals surface area contributed by atoms with E-state index in [1.165, 1.54) is 0 Å². The smallest absolute Gasteiger partial charge is 0.409 e. The van der Waals surface area contributed by atoms with Crippen molar-refractivity contribution in [3.8, 4) is 11.3 Å². The van der Waals surface area contributed by atoms with Gasteiger partial charge in [0.1, 0.15) is 6.04 Å². The number of amides is 3. The van der Waals surface area contributed by atoms with Crippen LogP contribution < -0.4 is 5.32 Å². The molecule has 1 aliphatic heterocycles. The molecule has 4 heterocycles. The van der Waals surface area contributed by atoms with Crippen molar-refractivity contribution in [3.05, 3.63) is 59.2 Å². The van der Waals surface area contributed by atoms with Gasteiger partial charge in [-0.2, -0.15) is 10.2 Å². The summed E-state index contributed by atoms with van der Waals surface area (Å²) in [5, 5.41) is 12.8. The Morgan fingerprint density at radius 1 is 1.00 bits per heavy atom. The molecular weight excluding hydrogens is 536 g/mol. The van der Waals surface area contributed by atoms with Gasteiger partial charge in [0, 0.05) is 56.1 Å². The van der Waals surface area contributed by atoms with E-state index >= 15 is 0 Å². The van der Waals surface area contributed by atoms with Gasteiger partial charge >= 0.3 is 6.09 Å². The van der Waals surface area contributed by atoms with Crippen LogP contribution in [-0.2, 0) is 16.6 Å². The van der Waals surface area contributed by atoms with Gasteiger partial charge in [0.05, 0.1) is 40.5 Å². The normalized spacial score (nSPS) is 14.2. The molecule has 0 aliphatic carbocycles. The lowest BCUT2D eigenvalue weighted by molar-refractivity contribution is -0.136. The molecule has 0 saturated carbocycles. The van der Waals surface area contributed by atoms with Crippen molar-refractivity contribution in [1.82, 2.24) is 34.3 Å². The molecule has 1 atom stereocenters. The van der Waals surface area contributed by atoms with Gasteiger partial charge in [-0.3, -0.25) is 19.0 Å². The maximum atomic E-state index is 13.7. The Bertz CT molecular complexity index is 1670. The largest absolute Gasteiger partial charge is 0.450 e. The van der Waals surface area contributed by atoms with E-state index in [1.807, 2.05) is 49.8 Å². The number of nitrogens with one attached hydrogen (secondary N) is 1. The first-order chi connectivity index (χ1) is 20.1. The predicted octanol–water partition coefficient (Wildman–Crippen LogP) is 3.87. The Labute approximate surface area is 244 Å². The first-order valence-electron chi connectivity index (χ1n) is 14.1. The molecule has 4 aromatic rings. The fraction of sp³-hybridized carbons (Fsp3) is 0.400. The second kappa shape index (κ2) is 11.6. The molecule has 3 amide bonds. The lowest BCUT2D eigenvalue weighted by atomic mass is 10.0. The van der Waals surface area contributed by atoms with Crippen LogP contribution >= 0.6 is 0 Å². The van der Waals surface area contributed by atoms with Gasteiger partial charge in [-0.15, -0.1) is 0 Å². The highest BCUT2D eigenvalue weighted by atomic mass is 16.6. The molecule has 1 fully saturated rings. The van der Waals surface area contributed by atoms with Crippen LogP contribution in [0.15, 0.2) is 36.5 Å². The molecule has 1 saturated heterocycles. The first-order valence-corrected chi connectivity index (χ1v) is 14.1. The molecule has 1 N–H and O–H groups in total. The van der Waals surface area contributed by atoms with Crippen molar-refractivity contribution in [1.29, 1.82) is 0 Å². The number of hydrogen-bond acceptors (Lipinski definition) is 7. The summed E-state index contributed by atoms with van der Waals surface area (Å²) in [5.74, 6) is -0.406. The van der Waals surface area contributed by atoms with Crippen LogP contribution in [0.2, 0.25) is 0 Å². The van der Waals surface area contributed by atoms with Crippen molar-refractivity contribution >= 4 is 34.5 Å². The molecule has 12 nitrogen and oxygen atoms in total. The highest BCUT2D eigenvalue weighted by Gasteiger charge is 2.29. The number of aromatic nitrogens is 5. The van der Waals surface area contributed by atoms with Crippen LogP contribution in [0, 0.1) is 20.8 Å². The minimum absolute atomic E-state index is 0.106. The number of hydrogen-bond donors (Lipinski definition) is 1. The van der Waals surface area contributed by atoms with E-state index in [4.69, 9.17) is 9.72 Å². The number of anilines is 1. The molecule has 1 aromatic carbocycles. The summed E-state index contributed by atoms with van der Waals surface area (Å²) < 4.78 is 8.45. The number of pyridine rings is 1. The molecule has 12 heteroatoms. The van der Waals surface area contributed by atoms with Crippen molar-refractivity contribution in [2.24, 2.45) is 7.05 Å². The van der Waals surface area contributed by atoms with Gasteiger partial charge < -0.3 is 19.9 Å². The summed E-state index contributed by atoms with van der Waals surface area (Å²) in [4.78, 5) is 47.2. The van der Waals surface area contributed by atoms with Crippen LogP contribution in [-0.4, -0.2) is 85.0 Å². The van der Waals surface area contributed by atoms with Crippen LogP contribution in [0.25, 0.3) is 22.2 Å². The summed E-state index contributed by atoms with van der Waals surface area (Å²) in [6.45, 7) is 11.2. The number of piperazine rings is 1. The van der Waals surface area contributed by atoms with E-state index in [0.29, 0.717) is 60.9 Å². The van der Waals surface area contributed by atoms with Gasteiger partial charge in [-0.1, -0.05) is 18.2 Å². The number of carbonyl (C=O) groups excluding carboxylic acids is 3. The molecule has 220 valence electrons. The Morgan fingerprint density at radius 2 is 1.69 bits per heavy atom. The first kappa shape index (κ1) is 28.8. The molecule has 0 spiro atoms. The van der Waals surface area contributed by atoms with E-state index in [2.05, 4.69) is 15.5 Å². The lowest BCUT2D eigenvalue weighted by Gasteiger charge is -2.35. The van der Waals surface area contributed by atoms with E-state index < -0.39 is 6.04 Å². The number of rotatable bonds is 6. The van der Waals surface area contributed by atoms with Gasteiger partial charge in [-0.25, -0.2) is 9.78 Å². The van der Waals surface area contributed by atoms with Crippen molar-refractivity contribution in [2.45, 2.75) is 40.7 Å². The van der Waals surface area contributed by atoms with Crippen molar-refractivity contribution < 1.29 is 19.1 Å². The minimum atomic E-state index is -0.589. The topological polar surface area (TPSA) is 127 Å².